The molecule has 2 atom stereocenters. The van der Waals surface area contributed by atoms with Crippen molar-refractivity contribution in [3.05, 3.63) is 59.7 Å². The molecule has 2 aromatic rings. The summed E-state index contributed by atoms with van der Waals surface area (Å²) < 4.78 is 5.74. The van der Waals surface area contributed by atoms with Crippen molar-refractivity contribution >= 4 is 12.1 Å². The van der Waals surface area contributed by atoms with E-state index in [9.17, 15) is 14.7 Å². The number of nitrogens with zero attached hydrogens (tertiary/aromatic N) is 1. The van der Waals surface area contributed by atoms with Crippen LogP contribution in [0.1, 0.15) is 50.2 Å². The van der Waals surface area contributed by atoms with Crippen molar-refractivity contribution in [3.63, 3.8) is 0 Å². The molecule has 30 heavy (non-hydrogen) atoms. The van der Waals surface area contributed by atoms with Crippen LogP contribution in [0.3, 0.4) is 0 Å². The van der Waals surface area contributed by atoms with Gasteiger partial charge in [0, 0.05) is 12.5 Å². The molecule has 2 unspecified atom stereocenters. The Balaban J connectivity index is 1.50. The van der Waals surface area contributed by atoms with Gasteiger partial charge in [0.1, 0.15) is 12.6 Å². The third-order valence-corrected chi connectivity index (χ3v) is 6.34. The molecule has 1 saturated heterocycles. The van der Waals surface area contributed by atoms with Crippen LogP contribution in [0.25, 0.3) is 11.1 Å². The first kappa shape index (κ1) is 20.5. The molecule has 1 amide bonds. The molecule has 1 aliphatic carbocycles. The minimum absolute atomic E-state index is 0.0270. The van der Waals surface area contributed by atoms with Crippen LogP contribution < -0.4 is 0 Å². The second-order valence-corrected chi connectivity index (χ2v) is 8.88. The lowest BCUT2D eigenvalue weighted by Crippen LogP contribution is -2.51. The van der Waals surface area contributed by atoms with Crippen molar-refractivity contribution in [2.24, 2.45) is 11.8 Å². The van der Waals surface area contributed by atoms with Crippen LogP contribution in [-0.2, 0) is 9.53 Å². The number of carbonyl (C=O) groups is 2. The average molecular weight is 408 g/mol. The number of fused-ring (bicyclic) bond motifs is 3. The first-order chi connectivity index (χ1) is 14.5. The highest BCUT2D eigenvalue weighted by Crippen LogP contribution is 2.44. The van der Waals surface area contributed by atoms with Crippen molar-refractivity contribution in [2.75, 3.05) is 13.2 Å². The fourth-order valence-electron chi connectivity index (χ4n) is 5.04. The lowest BCUT2D eigenvalue weighted by Gasteiger charge is -2.37. The Labute approximate surface area is 177 Å². The summed E-state index contributed by atoms with van der Waals surface area (Å²) in [6, 6.07) is 15.6. The van der Waals surface area contributed by atoms with E-state index < -0.39 is 18.1 Å². The number of carbonyl (C=O) groups excluding carboxylic acids is 1. The maximum Gasteiger partial charge on any atom is 0.410 e. The number of hydrogen-bond acceptors (Lipinski definition) is 3. The Morgan fingerprint density at radius 1 is 1.03 bits per heavy atom. The van der Waals surface area contributed by atoms with E-state index in [4.69, 9.17) is 4.74 Å². The van der Waals surface area contributed by atoms with E-state index in [1.807, 2.05) is 24.3 Å². The fraction of sp³-hybridized carbons (Fsp3) is 0.440. The lowest BCUT2D eigenvalue weighted by molar-refractivity contribution is -0.144. The van der Waals surface area contributed by atoms with Crippen LogP contribution in [0.2, 0.25) is 0 Å². The third kappa shape index (κ3) is 3.93. The van der Waals surface area contributed by atoms with Gasteiger partial charge in [0.25, 0.3) is 0 Å². The van der Waals surface area contributed by atoms with Gasteiger partial charge in [-0.2, -0.15) is 0 Å². The first-order valence-electron chi connectivity index (χ1n) is 10.8. The lowest BCUT2D eigenvalue weighted by atomic mass is 9.87. The second-order valence-electron chi connectivity index (χ2n) is 8.88. The Bertz CT molecular complexity index is 893. The Kier molecular flexibility index (Phi) is 5.80. The Morgan fingerprint density at radius 3 is 2.20 bits per heavy atom. The van der Waals surface area contributed by atoms with E-state index in [0.717, 1.165) is 24.0 Å². The molecule has 1 heterocycles. The number of carboxylic acids is 1. The Hall–Kier alpha value is -2.82. The zero-order valence-electron chi connectivity index (χ0n) is 17.6. The van der Waals surface area contributed by atoms with E-state index in [2.05, 4.69) is 38.1 Å². The monoisotopic (exact) mass is 407 g/mol. The van der Waals surface area contributed by atoms with Gasteiger partial charge in [-0.25, -0.2) is 9.59 Å². The van der Waals surface area contributed by atoms with Crippen LogP contribution in [0.15, 0.2) is 48.5 Å². The highest BCUT2D eigenvalue weighted by molar-refractivity contribution is 5.81. The molecular weight excluding hydrogens is 378 g/mol. The quantitative estimate of drug-likeness (QED) is 0.745. The fourth-order valence-corrected chi connectivity index (χ4v) is 5.04. The molecule has 0 radical (unpaired) electrons. The standard InChI is InChI=1S/C25H29NO4/c1-16(2)13-17-11-12-23(24(27)28)26(14-17)25(29)30-15-22-20-9-5-3-7-18(20)19-8-4-6-10-21(19)22/h3-10,16-17,22-23H,11-15H2,1-2H3,(H,27,28). The third-order valence-electron chi connectivity index (χ3n) is 6.34. The van der Waals surface area contributed by atoms with E-state index >= 15 is 0 Å². The van der Waals surface area contributed by atoms with Crippen molar-refractivity contribution in [2.45, 2.75) is 45.1 Å². The van der Waals surface area contributed by atoms with Crippen LogP contribution in [-0.4, -0.2) is 41.3 Å². The SMILES string of the molecule is CC(C)CC1CCC(C(=O)O)N(C(=O)OCC2c3ccccc3-c3ccccc32)C1. The molecule has 0 bridgehead atoms. The van der Waals surface area contributed by atoms with Crippen LogP contribution in [0.5, 0.6) is 0 Å². The number of piperidine rings is 1. The van der Waals surface area contributed by atoms with E-state index in [1.165, 1.54) is 16.0 Å². The van der Waals surface area contributed by atoms with Crippen molar-refractivity contribution in [3.8, 4) is 11.1 Å². The topological polar surface area (TPSA) is 66.8 Å². The van der Waals surface area contributed by atoms with Gasteiger partial charge in [-0.1, -0.05) is 62.4 Å². The predicted octanol–water partition coefficient (Wildman–Crippen LogP) is 5.15. The van der Waals surface area contributed by atoms with Crippen molar-refractivity contribution in [1.29, 1.82) is 0 Å². The zero-order chi connectivity index (χ0) is 21.3. The molecule has 158 valence electrons. The maximum atomic E-state index is 13.0. The van der Waals surface area contributed by atoms with E-state index in [0.29, 0.717) is 24.8 Å². The normalized spacial score (nSPS) is 20.7. The molecule has 1 aliphatic heterocycles. The van der Waals surface area contributed by atoms with Gasteiger partial charge in [-0.3, -0.25) is 4.90 Å². The number of likely N-dealkylation sites (tertiary alicyclic amines) is 1. The summed E-state index contributed by atoms with van der Waals surface area (Å²) in [6.45, 7) is 4.97. The van der Waals surface area contributed by atoms with Gasteiger partial charge in [0.2, 0.25) is 0 Å². The summed E-state index contributed by atoms with van der Waals surface area (Å²) in [6.07, 6.45) is 1.79. The molecule has 5 heteroatoms. The average Bonchev–Trinajstić information content (AvgIpc) is 3.05. The van der Waals surface area contributed by atoms with Gasteiger partial charge in [0.15, 0.2) is 0 Å². The number of hydrogen-bond donors (Lipinski definition) is 1. The highest BCUT2D eigenvalue weighted by Gasteiger charge is 2.38. The summed E-state index contributed by atoms with van der Waals surface area (Å²) in [5.74, 6) is -0.144. The largest absolute Gasteiger partial charge is 0.480 e. The summed E-state index contributed by atoms with van der Waals surface area (Å²) in [7, 11) is 0. The molecule has 5 nitrogen and oxygen atoms in total. The number of carboxylic acid groups (broad SMARTS) is 1. The maximum absolute atomic E-state index is 13.0. The van der Waals surface area contributed by atoms with Crippen LogP contribution in [0, 0.1) is 11.8 Å². The summed E-state index contributed by atoms with van der Waals surface area (Å²) in [5.41, 5.74) is 4.65. The van der Waals surface area contributed by atoms with Gasteiger partial charge >= 0.3 is 12.1 Å². The number of aliphatic carboxylic acids is 1. The number of ether oxygens (including phenoxy) is 1. The molecular formula is C25H29NO4. The smallest absolute Gasteiger partial charge is 0.410 e. The van der Waals surface area contributed by atoms with Gasteiger partial charge < -0.3 is 9.84 Å². The molecule has 0 spiro atoms. The molecule has 0 aromatic heterocycles. The minimum Gasteiger partial charge on any atom is -0.480 e. The minimum atomic E-state index is -0.952. The molecule has 1 fully saturated rings. The van der Waals surface area contributed by atoms with Crippen LogP contribution >= 0.6 is 0 Å². The number of benzene rings is 2. The molecule has 4 rings (SSSR count). The van der Waals surface area contributed by atoms with Gasteiger partial charge in [-0.05, 0) is 53.4 Å². The Morgan fingerprint density at radius 2 is 1.63 bits per heavy atom. The van der Waals surface area contributed by atoms with E-state index in [1.54, 1.807) is 0 Å². The van der Waals surface area contributed by atoms with Gasteiger partial charge in [-0.15, -0.1) is 0 Å². The van der Waals surface area contributed by atoms with Crippen molar-refractivity contribution < 1.29 is 19.4 Å². The summed E-state index contributed by atoms with van der Waals surface area (Å²) in [5, 5.41) is 9.62. The summed E-state index contributed by atoms with van der Waals surface area (Å²) >= 11 is 0. The number of rotatable bonds is 5. The zero-order valence-corrected chi connectivity index (χ0v) is 17.6. The van der Waals surface area contributed by atoms with E-state index in [-0.39, 0.29) is 12.5 Å². The van der Waals surface area contributed by atoms with Gasteiger partial charge in [0.05, 0.1) is 0 Å². The molecule has 2 aromatic carbocycles. The first-order valence-corrected chi connectivity index (χ1v) is 10.8. The molecule has 1 N–H and O–H groups in total. The number of amides is 1. The molecule has 0 saturated carbocycles. The highest BCUT2D eigenvalue weighted by atomic mass is 16.6. The van der Waals surface area contributed by atoms with Crippen LogP contribution in [0.4, 0.5) is 4.79 Å². The predicted molar refractivity (Wildman–Crippen MR) is 115 cm³/mol. The molecule has 2 aliphatic rings. The summed E-state index contributed by atoms with van der Waals surface area (Å²) in [4.78, 5) is 26.1. The second kappa shape index (κ2) is 8.50. The van der Waals surface area contributed by atoms with Crippen molar-refractivity contribution in [1.82, 2.24) is 4.90 Å².